The Bertz CT molecular complexity index is 757. The maximum Gasteiger partial charge on any atom is 0.276 e. The van der Waals surface area contributed by atoms with E-state index < -0.39 is 17.8 Å². The van der Waals surface area contributed by atoms with Crippen molar-refractivity contribution in [1.82, 2.24) is 5.48 Å². The number of benzene rings is 2. The van der Waals surface area contributed by atoms with Crippen molar-refractivity contribution >= 4 is 51.5 Å². The number of anilines is 2. The van der Waals surface area contributed by atoms with Crippen molar-refractivity contribution in [1.29, 1.82) is 0 Å². The van der Waals surface area contributed by atoms with Gasteiger partial charge in [0.05, 0.1) is 28.6 Å². The van der Waals surface area contributed by atoms with E-state index in [1.54, 1.807) is 12.1 Å². The molecule has 8 heteroatoms. The maximum absolute atomic E-state index is 13.6. The molecular weight excluding hydrogens is 462 g/mol. The van der Waals surface area contributed by atoms with Crippen molar-refractivity contribution in [2.75, 3.05) is 11.9 Å². The highest BCUT2D eigenvalue weighted by Crippen LogP contribution is 2.29. The normalized spacial score (nSPS) is 11.9. The molecule has 0 aliphatic heterocycles. The first-order valence-corrected chi connectivity index (χ1v) is 8.98. The fraction of sp³-hybridized carbons (Fsp3) is 0.235. The average molecular weight is 479 g/mol. The molecule has 1 unspecified atom stereocenters. The molecule has 0 radical (unpaired) electrons. The Morgan fingerprint density at radius 1 is 1.32 bits per heavy atom. The van der Waals surface area contributed by atoms with Crippen molar-refractivity contribution in [3.63, 3.8) is 0 Å². The van der Waals surface area contributed by atoms with E-state index in [0.717, 1.165) is 3.57 Å². The number of hydrogen-bond acceptors (Lipinski definition) is 4. The van der Waals surface area contributed by atoms with Crippen LogP contribution >= 0.6 is 34.2 Å². The van der Waals surface area contributed by atoms with E-state index in [1.165, 1.54) is 18.2 Å². The molecule has 0 aromatic heterocycles. The minimum atomic E-state index is -0.559. The summed E-state index contributed by atoms with van der Waals surface area (Å²) in [6, 6.07) is 9.05. The summed E-state index contributed by atoms with van der Waals surface area (Å²) in [6.07, 6.45) is 0.0234. The summed E-state index contributed by atoms with van der Waals surface area (Å²) in [5.41, 5.74) is 3.26. The molecule has 2 aromatic carbocycles. The molecule has 2 aromatic rings. The third-order valence-electron chi connectivity index (χ3n) is 3.40. The molecule has 0 aliphatic rings. The number of carbonyl (C=O) groups is 1. The molecular formula is C17H17ClFIN2O3. The first-order chi connectivity index (χ1) is 11.9. The monoisotopic (exact) mass is 478 g/mol. The van der Waals surface area contributed by atoms with Crippen LogP contribution in [-0.4, -0.2) is 23.7 Å². The molecule has 0 heterocycles. The van der Waals surface area contributed by atoms with Gasteiger partial charge in [-0.15, -0.1) is 0 Å². The van der Waals surface area contributed by atoms with Crippen molar-refractivity contribution in [2.45, 2.75) is 19.4 Å². The van der Waals surface area contributed by atoms with Crippen molar-refractivity contribution < 1.29 is 19.1 Å². The van der Waals surface area contributed by atoms with Gasteiger partial charge >= 0.3 is 0 Å². The Balaban J connectivity index is 2.23. The molecule has 0 aliphatic carbocycles. The van der Waals surface area contributed by atoms with E-state index in [9.17, 15) is 9.18 Å². The van der Waals surface area contributed by atoms with Gasteiger partial charge in [0.25, 0.3) is 5.91 Å². The molecule has 0 bridgehead atoms. The number of hydroxylamine groups is 1. The number of nitrogens with one attached hydrogen (secondary N) is 2. The molecule has 134 valence electrons. The lowest BCUT2D eigenvalue weighted by Gasteiger charge is -2.16. The number of halogens is 3. The second-order valence-electron chi connectivity index (χ2n) is 5.20. The zero-order valence-corrected chi connectivity index (χ0v) is 16.3. The van der Waals surface area contributed by atoms with E-state index in [0.29, 0.717) is 17.1 Å². The van der Waals surface area contributed by atoms with Crippen LogP contribution in [0, 0.1) is 9.39 Å². The van der Waals surface area contributed by atoms with Gasteiger partial charge in [0.1, 0.15) is 11.9 Å². The van der Waals surface area contributed by atoms with Gasteiger partial charge in [0.2, 0.25) is 0 Å². The van der Waals surface area contributed by atoms with Crippen LogP contribution in [0.1, 0.15) is 23.7 Å². The second kappa shape index (κ2) is 9.33. The largest absolute Gasteiger partial charge is 0.394 e. The highest BCUT2D eigenvalue weighted by atomic mass is 127. The van der Waals surface area contributed by atoms with Gasteiger partial charge in [-0.25, -0.2) is 9.87 Å². The van der Waals surface area contributed by atoms with Gasteiger partial charge in [-0.2, -0.15) is 0 Å². The first kappa shape index (κ1) is 19.9. The lowest BCUT2D eigenvalue weighted by atomic mass is 10.1. The van der Waals surface area contributed by atoms with Gasteiger partial charge in [-0.3, -0.25) is 9.63 Å². The number of amides is 1. The summed E-state index contributed by atoms with van der Waals surface area (Å²) < 4.78 is 14.6. The van der Waals surface area contributed by atoms with Crippen molar-refractivity contribution in [3.05, 3.63) is 56.4 Å². The number of hydrogen-bond donors (Lipinski definition) is 3. The van der Waals surface area contributed by atoms with Crippen LogP contribution in [0.3, 0.4) is 0 Å². The van der Waals surface area contributed by atoms with Crippen LogP contribution in [0.25, 0.3) is 0 Å². The van der Waals surface area contributed by atoms with E-state index in [-0.39, 0.29) is 17.9 Å². The van der Waals surface area contributed by atoms with Crippen LogP contribution in [-0.2, 0) is 4.84 Å². The molecule has 1 atom stereocenters. The number of aliphatic hydroxyl groups excluding tert-OH is 1. The van der Waals surface area contributed by atoms with Gasteiger partial charge in [0, 0.05) is 3.57 Å². The van der Waals surface area contributed by atoms with E-state index in [4.69, 9.17) is 21.5 Å². The third-order valence-corrected chi connectivity index (χ3v) is 4.39. The SMILES string of the molecule is CCC(CO)ONC(=O)c1ccc(F)cc1Nc1ccc(I)cc1Cl. The quantitative estimate of drug-likeness (QED) is 0.411. The van der Waals surface area contributed by atoms with E-state index in [2.05, 4.69) is 33.4 Å². The van der Waals surface area contributed by atoms with Gasteiger partial charge in [-0.05, 0) is 65.4 Å². The van der Waals surface area contributed by atoms with Gasteiger partial charge in [0.15, 0.2) is 0 Å². The Morgan fingerprint density at radius 3 is 2.72 bits per heavy atom. The number of aliphatic hydroxyl groups is 1. The smallest absolute Gasteiger partial charge is 0.276 e. The minimum Gasteiger partial charge on any atom is -0.394 e. The van der Waals surface area contributed by atoms with Crippen LogP contribution in [0.4, 0.5) is 15.8 Å². The zero-order chi connectivity index (χ0) is 18.4. The van der Waals surface area contributed by atoms with Crippen LogP contribution in [0.2, 0.25) is 5.02 Å². The lowest BCUT2D eigenvalue weighted by Crippen LogP contribution is -2.31. The molecule has 25 heavy (non-hydrogen) atoms. The Morgan fingerprint density at radius 2 is 2.08 bits per heavy atom. The topological polar surface area (TPSA) is 70.6 Å². The Labute approximate surface area is 163 Å². The summed E-state index contributed by atoms with van der Waals surface area (Å²) in [7, 11) is 0. The number of rotatable bonds is 7. The van der Waals surface area contributed by atoms with Crippen LogP contribution < -0.4 is 10.8 Å². The first-order valence-electron chi connectivity index (χ1n) is 7.53. The van der Waals surface area contributed by atoms with Gasteiger partial charge < -0.3 is 10.4 Å². The van der Waals surface area contributed by atoms with Crippen molar-refractivity contribution in [2.24, 2.45) is 0 Å². The fourth-order valence-corrected chi connectivity index (χ4v) is 2.90. The minimum absolute atomic E-state index is 0.184. The predicted octanol–water partition coefficient (Wildman–Crippen LogP) is 4.26. The molecule has 5 nitrogen and oxygen atoms in total. The summed E-state index contributed by atoms with van der Waals surface area (Å²) in [5, 5.41) is 12.5. The Kier molecular flexibility index (Phi) is 7.42. The van der Waals surface area contributed by atoms with Gasteiger partial charge in [-0.1, -0.05) is 18.5 Å². The third kappa shape index (κ3) is 5.53. The molecule has 0 saturated carbocycles. The van der Waals surface area contributed by atoms with E-state index in [1.807, 2.05) is 13.0 Å². The standard InChI is InChI=1S/C17H17ClFIN2O3/c1-2-12(9-23)25-22-17(24)13-5-3-10(19)7-16(13)21-15-6-4-11(20)8-14(15)18/h3-8,12,21,23H,2,9H2,1H3,(H,22,24). The molecule has 0 fully saturated rings. The highest BCUT2D eigenvalue weighted by molar-refractivity contribution is 14.1. The Hall–Kier alpha value is -1.42. The lowest BCUT2D eigenvalue weighted by molar-refractivity contribution is -0.0408. The fourth-order valence-electron chi connectivity index (χ4n) is 2.00. The molecule has 0 spiro atoms. The second-order valence-corrected chi connectivity index (χ2v) is 6.85. The summed E-state index contributed by atoms with van der Waals surface area (Å²) >= 11 is 8.30. The predicted molar refractivity (Wildman–Crippen MR) is 104 cm³/mol. The summed E-state index contributed by atoms with van der Waals surface area (Å²) in [5.74, 6) is -1.06. The van der Waals surface area contributed by atoms with Crippen LogP contribution in [0.5, 0.6) is 0 Å². The van der Waals surface area contributed by atoms with Crippen LogP contribution in [0.15, 0.2) is 36.4 Å². The maximum atomic E-state index is 13.6. The molecule has 0 saturated heterocycles. The molecule has 3 N–H and O–H groups in total. The zero-order valence-electron chi connectivity index (χ0n) is 13.4. The molecule has 2 rings (SSSR count). The molecule has 1 amide bonds. The average Bonchev–Trinajstić information content (AvgIpc) is 2.58. The number of carbonyl (C=O) groups excluding carboxylic acids is 1. The summed E-state index contributed by atoms with van der Waals surface area (Å²) in [4.78, 5) is 17.5. The van der Waals surface area contributed by atoms with Crippen molar-refractivity contribution in [3.8, 4) is 0 Å². The van der Waals surface area contributed by atoms with E-state index >= 15 is 0 Å². The highest BCUT2D eigenvalue weighted by Gasteiger charge is 2.15. The summed E-state index contributed by atoms with van der Waals surface area (Å²) in [6.45, 7) is 1.60.